The van der Waals surface area contributed by atoms with E-state index >= 15 is 0 Å². The summed E-state index contributed by atoms with van der Waals surface area (Å²) < 4.78 is 4.94. The van der Waals surface area contributed by atoms with E-state index in [4.69, 9.17) is 4.74 Å². The van der Waals surface area contributed by atoms with Crippen LogP contribution in [0, 0.1) is 24.3 Å². The first-order valence-corrected chi connectivity index (χ1v) is 20.4. The second kappa shape index (κ2) is 36.2. The molecule has 1 aliphatic rings. The van der Waals surface area contributed by atoms with E-state index in [1.807, 2.05) is 182 Å². The monoisotopic (exact) mass is 1230 g/mol. The van der Waals surface area contributed by atoms with E-state index in [9.17, 15) is 0 Å². The first kappa shape index (κ1) is 55.4. The minimum atomic E-state index is 0. The van der Waals surface area contributed by atoms with Gasteiger partial charge >= 0.3 is 72.3 Å². The average Bonchev–Trinajstić information content (AvgIpc) is 3.91. The van der Waals surface area contributed by atoms with Gasteiger partial charge in [0.1, 0.15) is 0 Å². The van der Waals surface area contributed by atoms with Gasteiger partial charge in [-0.1, -0.05) is 43.8 Å². The molecule has 0 spiro atoms. The van der Waals surface area contributed by atoms with Gasteiger partial charge in [0.15, 0.2) is 0 Å². The molecular weight excluding hydrogens is 1190 g/mol. The Hall–Kier alpha value is -3.65. The van der Waals surface area contributed by atoms with Gasteiger partial charge in [-0.3, -0.25) is 19.9 Å². The van der Waals surface area contributed by atoms with E-state index < -0.39 is 0 Å². The Morgan fingerprint density at radius 2 is 0.797 bits per heavy atom. The summed E-state index contributed by atoms with van der Waals surface area (Å²) in [5, 5.41) is 0. The first-order chi connectivity index (χ1) is 27.4. The molecule has 1 aliphatic heterocycles. The summed E-state index contributed by atoms with van der Waals surface area (Å²) in [5.41, 5.74) is 7.35. The van der Waals surface area contributed by atoms with Crippen LogP contribution in [-0.2, 0) is 44.6 Å². The number of pyridine rings is 4. The molecule has 9 rings (SSSR count). The summed E-state index contributed by atoms with van der Waals surface area (Å²) in [4.78, 5) is 17.9. The van der Waals surface area contributed by atoms with Crippen molar-refractivity contribution in [2.24, 2.45) is 0 Å². The van der Waals surface area contributed by atoms with E-state index in [1.54, 1.807) is 31.2 Å². The number of rotatable bonds is 4. The number of ether oxygens (including phenoxy) is 1. The Morgan fingerprint density at radius 3 is 1.07 bits per heavy atom. The Bertz CT molecular complexity index is 1790. The van der Waals surface area contributed by atoms with Crippen LogP contribution in [0.1, 0.15) is 20.3 Å². The van der Waals surface area contributed by atoms with Gasteiger partial charge in [0, 0.05) is 25.6 Å². The predicted octanol–water partition coefficient (Wildman–Crippen LogP) is 8.94. The first-order valence-electron chi connectivity index (χ1n) is 17.6. The summed E-state index contributed by atoms with van der Waals surface area (Å²) in [6.07, 6.45) is 6.11. The van der Waals surface area contributed by atoms with Crippen LogP contribution in [0.15, 0.2) is 194 Å². The van der Waals surface area contributed by atoms with Crippen molar-refractivity contribution in [3.8, 4) is 45.3 Å². The Morgan fingerprint density at radius 1 is 0.441 bits per heavy atom. The molecule has 5 nitrogen and oxygen atoms in total. The van der Waals surface area contributed by atoms with Crippen LogP contribution in [0.25, 0.3) is 45.3 Å². The van der Waals surface area contributed by atoms with Gasteiger partial charge in [-0.15, -0.1) is 71.8 Å². The van der Waals surface area contributed by atoms with Crippen LogP contribution in [-0.4, -0.2) is 56.2 Å². The molecule has 8 aromatic rings. The van der Waals surface area contributed by atoms with Gasteiger partial charge in [0.2, 0.25) is 0 Å². The third kappa shape index (κ3) is 22.5. The van der Waals surface area contributed by atoms with Crippen molar-refractivity contribution in [3.05, 3.63) is 219 Å². The molecule has 302 valence electrons. The number of hydrogen-bond donors (Lipinski definition) is 0. The maximum absolute atomic E-state index is 4.94. The molecule has 5 heterocycles. The Labute approximate surface area is 407 Å². The fourth-order valence-corrected chi connectivity index (χ4v) is 4.78. The van der Waals surface area contributed by atoms with Crippen LogP contribution >= 0.6 is 9.42 Å². The van der Waals surface area contributed by atoms with E-state index in [0.29, 0.717) is 0 Å². The van der Waals surface area contributed by atoms with E-state index in [2.05, 4.69) is 53.6 Å². The van der Waals surface area contributed by atoms with Crippen molar-refractivity contribution in [1.29, 1.82) is 0 Å². The fraction of sp³-hybridized carbons (Fsp3) is 0.102. The molecule has 0 atom stereocenters. The molecule has 10 heteroatoms. The zero-order valence-corrected chi connectivity index (χ0v) is 39.9. The molecule has 0 saturated carbocycles. The van der Waals surface area contributed by atoms with E-state index in [1.165, 1.54) is 12.8 Å². The Kier molecular flexibility index (Phi) is 34.0. The molecular formula is C49H44BrClMgN4OPt2. The van der Waals surface area contributed by atoms with Crippen LogP contribution < -0.4 is 17.0 Å². The molecule has 0 bridgehead atoms. The normalized spacial score (nSPS) is 10.0. The smallest absolute Gasteiger partial charge is 0.295 e. The quantitative estimate of drug-likeness (QED) is 0.130. The molecule has 0 unspecified atom stereocenters. The number of benzene rings is 4. The summed E-state index contributed by atoms with van der Waals surface area (Å²) >= 11 is 1.61. The summed E-state index contributed by atoms with van der Waals surface area (Å²) in [5.74, 6) is 0. The predicted molar refractivity (Wildman–Crippen MR) is 232 cm³/mol. The third-order valence-electron chi connectivity index (χ3n) is 7.36. The maximum atomic E-state index is 4.94. The van der Waals surface area contributed by atoms with Crippen molar-refractivity contribution in [2.75, 3.05) is 13.2 Å². The number of aromatic nitrogens is 4. The number of nitrogens with zero attached hydrogens (tertiary/aromatic N) is 4. The zero-order chi connectivity index (χ0) is 38.4. The standard InChI is InChI=1S/2C16H11N2.2C6H5.C4H8O.CH4.BrH.ClH.Mg.2Pt/c2*1-2-7-13(8-3-1)14-10-6-11-16(18-14)15-9-4-5-12-17-15;2*1-2-4-6-5-3-1;1-2-4-5-3-1;;;;;;/h2*1-7,9-12H;2*1-5H;1-4H2;1H4;2*1H;;;/q4*-1;;;;;3*+2/p-2. The molecule has 0 aliphatic carbocycles. The van der Waals surface area contributed by atoms with Crippen LogP contribution in [0.3, 0.4) is 0 Å². The van der Waals surface area contributed by atoms with Gasteiger partial charge in [-0.2, -0.15) is 72.8 Å². The van der Waals surface area contributed by atoms with Crippen LogP contribution in [0.4, 0.5) is 0 Å². The largest absolute Gasteiger partial charge is 2.00 e. The average molecular weight is 1230 g/mol. The molecule has 4 aromatic heterocycles. The number of halogens is 2. The van der Waals surface area contributed by atoms with Crippen LogP contribution in [0.5, 0.6) is 0 Å². The molecule has 4 aromatic carbocycles. The van der Waals surface area contributed by atoms with Crippen molar-refractivity contribution in [2.45, 2.75) is 20.3 Å². The minimum absolute atomic E-state index is 0. The SMILES string of the molecule is C.C1CCOC1.[Br-].[Cl][Pt+].[Mg+2].[Pt+2].[c-]1ccccc1.[c-]1ccccc1.[c-]1ccccc1-c1cccc(-c2ccccn2)n1.[c-]1ccccc1-c1cccc(-c2ccccn2)n1. The molecule has 0 N–H and O–H groups in total. The van der Waals surface area contributed by atoms with Gasteiger partial charge in [0.25, 0.3) is 0 Å². The minimum Gasteiger partial charge on any atom is -0.295 e. The summed E-state index contributed by atoms with van der Waals surface area (Å²) in [6, 6.07) is 70.6. The van der Waals surface area contributed by atoms with Gasteiger partial charge in [-0.25, -0.2) is 0 Å². The van der Waals surface area contributed by atoms with Crippen molar-refractivity contribution in [3.63, 3.8) is 0 Å². The van der Waals surface area contributed by atoms with Crippen molar-refractivity contribution >= 4 is 32.5 Å². The summed E-state index contributed by atoms with van der Waals surface area (Å²) in [6.45, 7) is 2.00. The maximum Gasteiger partial charge on any atom is 2.00 e. The second-order valence-corrected chi connectivity index (χ2v) is 11.3. The third-order valence-corrected chi connectivity index (χ3v) is 7.36. The second-order valence-electron chi connectivity index (χ2n) is 11.3. The molecule has 0 radical (unpaired) electrons. The molecule has 0 amide bonds. The molecule has 1 fully saturated rings. The fourth-order valence-electron chi connectivity index (χ4n) is 4.78. The van der Waals surface area contributed by atoms with Gasteiger partial charge in [0.05, 0.1) is 22.8 Å². The topological polar surface area (TPSA) is 60.8 Å². The zero-order valence-electron chi connectivity index (χ0n) is 31.6. The Balaban J connectivity index is 0.000000761. The van der Waals surface area contributed by atoms with Crippen molar-refractivity contribution < 1.29 is 61.6 Å². The van der Waals surface area contributed by atoms with Gasteiger partial charge in [-0.05, 0) is 60.6 Å². The van der Waals surface area contributed by atoms with E-state index in [-0.39, 0.29) is 68.5 Å². The molecule has 59 heavy (non-hydrogen) atoms. The van der Waals surface area contributed by atoms with Crippen LogP contribution in [0.2, 0.25) is 0 Å². The van der Waals surface area contributed by atoms with Crippen molar-refractivity contribution in [1.82, 2.24) is 19.9 Å². The van der Waals surface area contributed by atoms with Gasteiger partial charge < -0.3 is 21.7 Å². The number of hydrogen-bond acceptors (Lipinski definition) is 5. The summed E-state index contributed by atoms with van der Waals surface area (Å²) in [7, 11) is 4.61. The molecule has 1 saturated heterocycles. The van der Waals surface area contributed by atoms with E-state index in [0.717, 1.165) is 58.5 Å².